The lowest BCUT2D eigenvalue weighted by Crippen LogP contribution is -2.45. The number of carbonyl (C=O) groups is 1. The predicted molar refractivity (Wildman–Crippen MR) is 52.2 cm³/mol. The van der Waals surface area contributed by atoms with E-state index in [9.17, 15) is 4.79 Å². The van der Waals surface area contributed by atoms with Crippen molar-refractivity contribution in [1.82, 2.24) is 10.6 Å². The van der Waals surface area contributed by atoms with E-state index in [1.807, 2.05) is 6.92 Å². The largest absolute Gasteiger partial charge is 0.335 e. The minimum atomic E-state index is -0.155. The molecule has 1 atom stereocenters. The van der Waals surface area contributed by atoms with Crippen LogP contribution in [0.1, 0.15) is 26.2 Å². The SMILES string of the molecule is C#CCNC(=O)NC(C)C1CCC1. The fraction of sp³-hybridized carbons (Fsp3) is 0.700. The molecule has 3 nitrogen and oxygen atoms in total. The van der Waals surface area contributed by atoms with Crippen LogP contribution in [0.4, 0.5) is 4.79 Å². The fourth-order valence-electron chi connectivity index (χ4n) is 1.45. The zero-order chi connectivity index (χ0) is 9.68. The summed E-state index contributed by atoms with van der Waals surface area (Å²) in [6.45, 7) is 2.34. The smallest absolute Gasteiger partial charge is 0.315 e. The summed E-state index contributed by atoms with van der Waals surface area (Å²) in [6, 6.07) is 0.115. The van der Waals surface area contributed by atoms with Crippen LogP contribution in [-0.4, -0.2) is 18.6 Å². The summed E-state index contributed by atoms with van der Waals surface area (Å²) in [4.78, 5) is 11.1. The summed E-state index contributed by atoms with van der Waals surface area (Å²) in [5.74, 6) is 3.02. The Balaban J connectivity index is 2.15. The molecule has 0 bridgehead atoms. The van der Waals surface area contributed by atoms with Crippen molar-refractivity contribution >= 4 is 6.03 Å². The summed E-state index contributed by atoms with van der Waals surface area (Å²) in [5, 5.41) is 5.45. The van der Waals surface area contributed by atoms with Gasteiger partial charge in [0, 0.05) is 6.04 Å². The zero-order valence-electron chi connectivity index (χ0n) is 7.97. The maximum atomic E-state index is 11.1. The molecule has 1 aliphatic rings. The van der Waals surface area contributed by atoms with Crippen molar-refractivity contribution in [3.63, 3.8) is 0 Å². The Labute approximate surface area is 79.3 Å². The molecule has 2 N–H and O–H groups in total. The van der Waals surface area contributed by atoms with Crippen LogP contribution in [0.25, 0.3) is 0 Å². The standard InChI is InChI=1S/C10H16N2O/c1-3-7-11-10(13)12-8(2)9-5-4-6-9/h1,8-9H,4-7H2,2H3,(H2,11,12,13). The third kappa shape index (κ3) is 2.98. The molecule has 1 aliphatic carbocycles. The predicted octanol–water partition coefficient (Wildman–Crippen LogP) is 1.11. The van der Waals surface area contributed by atoms with Gasteiger partial charge in [-0.25, -0.2) is 4.79 Å². The van der Waals surface area contributed by atoms with Gasteiger partial charge in [0.15, 0.2) is 0 Å². The molecule has 1 rings (SSSR count). The number of terminal acetylenes is 1. The molecule has 13 heavy (non-hydrogen) atoms. The van der Waals surface area contributed by atoms with E-state index in [4.69, 9.17) is 6.42 Å². The molecule has 1 fully saturated rings. The van der Waals surface area contributed by atoms with Crippen molar-refractivity contribution in [2.24, 2.45) is 5.92 Å². The quantitative estimate of drug-likeness (QED) is 0.627. The molecule has 0 aromatic heterocycles. The highest BCUT2D eigenvalue weighted by Crippen LogP contribution is 2.29. The molecular formula is C10H16N2O. The third-order valence-corrected chi connectivity index (χ3v) is 2.57. The molecule has 0 aliphatic heterocycles. The molecule has 1 saturated carbocycles. The first kappa shape index (κ1) is 9.91. The molecule has 3 heteroatoms. The van der Waals surface area contributed by atoms with Crippen LogP contribution in [0, 0.1) is 18.3 Å². The van der Waals surface area contributed by atoms with Gasteiger partial charge in [-0.05, 0) is 25.7 Å². The zero-order valence-corrected chi connectivity index (χ0v) is 7.97. The topological polar surface area (TPSA) is 41.1 Å². The lowest BCUT2D eigenvalue weighted by Gasteiger charge is -2.31. The van der Waals surface area contributed by atoms with Crippen molar-refractivity contribution in [2.45, 2.75) is 32.2 Å². The Morgan fingerprint density at radius 1 is 1.69 bits per heavy atom. The maximum Gasteiger partial charge on any atom is 0.315 e. The average molecular weight is 180 g/mol. The average Bonchev–Trinajstić information content (AvgIpc) is 1.97. The second-order valence-corrected chi connectivity index (χ2v) is 3.51. The van der Waals surface area contributed by atoms with E-state index >= 15 is 0 Å². The number of nitrogens with one attached hydrogen (secondary N) is 2. The van der Waals surface area contributed by atoms with Crippen molar-refractivity contribution in [1.29, 1.82) is 0 Å². The van der Waals surface area contributed by atoms with Crippen molar-refractivity contribution in [3.05, 3.63) is 0 Å². The van der Waals surface area contributed by atoms with Gasteiger partial charge in [0.1, 0.15) is 0 Å². The van der Waals surface area contributed by atoms with E-state index in [0.717, 1.165) is 0 Å². The number of urea groups is 1. The molecule has 1 unspecified atom stereocenters. The second kappa shape index (κ2) is 4.76. The third-order valence-electron chi connectivity index (χ3n) is 2.57. The van der Waals surface area contributed by atoms with Crippen LogP contribution in [0.3, 0.4) is 0 Å². The highest BCUT2D eigenvalue weighted by atomic mass is 16.2. The summed E-state index contributed by atoms with van der Waals surface area (Å²) in [7, 11) is 0. The number of rotatable bonds is 3. The van der Waals surface area contributed by atoms with Gasteiger partial charge in [-0.3, -0.25) is 0 Å². The molecule has 0 aromatic rings. The minimum Gasteiger partial charge on any atom is -0.335 e. The first-order valence-electron chi connectivity index (χ1n) is 4.72. The molecule has 72 valence electrons. The highest BCUT2D eigenvalue weighted by Gasteiger charge is 2.24. The van der Waals surface area contributed by atoms with Gasteiger partial charge in [0.05, 0.1) is 6.54 Å². The number of amides is 2. The van der Waals surface area contributed by atoms with Gasteiger partial charge < -0.3 is 10.6 Å². The first-order valence-corrected chi connectivity index (χ1v) is 4.72. The fourth-order valence-corrected chi connectivity index (χ4v) is 1.45. The van der Waals surface area contributed by atoms with Crippen LogP contribution in [0.15, 0.2) is 0 Å². The Bertz CT molecular complexity index is 215. The number of hydrogen-bond acceptors (Lipinski definition) is 1. The van der Waals surface area contributed by atoms with Gasteiger partial charge >= 0.3 is 6.03 Å². The minimum absolute atomic E-state index is 0.155. The van der Waals surface area contributed by atoms with Crippen LogP contribution < -0.4 is 10.6 Å². The van der Waals surface area contributed by atoms with E-state index in [0.29, 0.717) is 12.5 Å². The van der Waals surface area contributed by atoms with E-state index in [-0.39, 0.29) is 12.1 Å². The molecule has 0 saturated heterocycles. The Morgan fingerprint density at radius 2 is 2.38 bits per heavy atom. The van der Waals surface area contributed by atoms with Gasteiger partial charge in [-0.2, -0.15) is 0 Å². The summed E-state index contributed by atoms with van der Waals surface area (Å²) < 4.78 is 0. The Morgan fingerprint density at radius 3 is 2.85 bits per heavy atom. The van der Waals surface area contributed by atoms with Crippen molar-refractivity contribution in [3.8, 4) is 12.3 Å². The normalized spacial score (nSPS) is 18.2. The molecule has 0 radical (unpaired) electrons. The maximum absolute atomic E-state index is 11.1. The van der Waals surface area contributed by atoms with E-state index in [2.05, 4.69) is 16.6 Å². The molecule has 0 spiro atoms. The second-order valence-electron chi connectivity index (χ2n) is 3.51. The Kier molecular flexibility index (Phi) is 3.63. The lowest BCUT2D eigenvalue weighted by atomic mass is 9.80. The first-order chi connectivity index (χ1) is 6.24. The molecule has 0 aromatic carbocycles. The number of carbonyl (C=O) groups excluding carboxylic acids is 1. The molecular weight excluding hydrogens is 164 g/mol. The summed E-state index contributed by atoms with van der Waals surface area (Å²) in [6.07, 6.45) is 8.77. The Hall–Kier alpha value is -1.17. The number of hydrogen-bond donors (Lipinski definition) is 2. The van der Waals surface area contributed by atoms with Crippen LogP contribution in [0.5, 0.6) is 0 Å². The summed E-state index contributed by atoms with van der Waals surface area (Å²) in [5.41, 5.74) is 0. The van der Waals surface area contributed by atoms with Crippen LogP contribution in [-0.2, 0) is 0 Å². The van der Waals surface area contributed by atoms with Gasteiger partial charge in [-0.15, -0.1) is 6.42 Å². The van der Waals surface area contributed by atoms with E-state index in [1.165, 1.54) is 19.3 Å². The van der Waals surface area contributed by atoms with Crippen molar-refractivity contribution in [2.75, 3.05) is 6.54 Å². The van der Waals surface area contributed by atoms with Gasteiger partial charge in [-0.1, -0.05) is 12.3 Å². The summed E-state index contributed by atoms with van der Waals surface area (Å²) >= 11 is 0. The lowest BCUT2D eigenvalue weighted by molar-refractivity contribution is 0.214. The van der Waals surface area contributed by atoms with Gasteiger partial charge in [0.2, 0.25) is 0 Å². The molecule has 2 amide bonds. The molecule has 0 heterocycles. The van der Waals surface area contributed by atoms with Crippen molar-refractivity contribution < 1.29 is 4.79 Å². The van der Waals surface area contributed by atoms with Crippen LogP contribution in [0.2, 0.25) is 0 Å². The van der Waals surface area contributed by atoms with E-state index in [1.54, 1.807) is 0 Å². The monoisotopic (exact) mass is 180 g/mol. The van der Waals surface area contributed by atoms with E-state index < -0.39 is 0 Å². The van der Waals surface area contributed by atoms with Gasteiger partial charge in [0.25, 0.3) is 0 Å². The highest BCUT2D eigenvalue weighted by molar-refractivity contribution is 5.74. The van der Waals surface area contributed by atoms with Crippen LogP contribution >= 0.6 is 0 Å².